The van der Waals surface area contributed by atoms with Crippen LogP contribution >= 0.6 is 12.4 Å². The zero-order valence-corrected chi connectivity index (χ0v) is 7.85. The summed E-state index contributed by atoms with van der Waals surface area (Å²) >= 11 is 0. The first-order valence-corrected chi connectivity index (χ1v) is 3.32. The van der Waals surface area contributed by atoms with E-state index in [1.807, 2.05) is 19.4 Å². The summed E-state index contributed by atoms with van der Waals surface area (Å²) in [5, 5.41) is 4.04. The zero-order chi connectivity index (χ0) is 7.56. The molecule has 0 aliphatic heterocycles. The molecule has 0 saturated heterocycles. The van der Waals surface area contributed by atoms with E-state index in [0.29, 0.717) is 0 Å². The summed E-state index contributed by atoms with van der Waals surface area (Å²) < 4.78 is 1.80. The van der Waals surface area contributed by atoms with Crippen molar-refractivity contribution in [3.05, 3.63) is 23.5 Å². The smallest absolute Gasteiger partial charge is 0.0562 e. The van der Waals surface area contributed by atoms with Crippen LogP contribution < -0.4 is 0 Å². The molecule has 2 nitrogen and oxygen atoms in total. The monoisotopic (exact) mass is 172 g/mol. The van der Waals surface area contributed by atoms with Crippen LogP contribution in [0, 0.1) is 0 Å². The van der Waals surface area contributed by atoms with Crippen LogP contribution in [0.4, 0.5) is 0 Å². The van der Waals surface area contributed by atoms with Gasteiger partial charge in [-0.05, 0) is 13.8 Å². The summed E-state index contributed by atoms with van der Waals surface area (Å²) in [4.78, 5) is 0. The predicted molar refractivity (Wildman–Crippen MR) is 49.8 cm³/mol. The van der Waals surface area contributed by atoms with Gasteiger partial charge in [0.2, 0.25) is 0 Å². The first-order chi connectivity index (χ1) is 4.68. The Balaban J connectivity index is 0.000001000. The normalized spacial score (nSPS) is 8.64. The highest BCUT2D eigenvalue weighted by Gasteiger charge is 1.88. The number of halogens is 1. The molecule has 0 amide bonds. The van der Waals surface area contributed by atoms with Gasteiger partial charge in [-0.3, -0.25) is 4.68 Å². The Morgan fingerprint density at radius 2 is 2.18 bits per heavy atom. The molecule has 1 aromatic heterocycles. The van der Waals surface area contributed by atoms with Crippen molar-refractivity contribution in [1.29, 1.82) is 0 Å². The summed E-state index contributed by atoms with van der Waals surface area (Å²) in [6.07, 6.45) is 5.95. The van der Waals surface area contributed by atoms with Gasteiger partial charge in [-0.1, -0.05) is 11.6 Å². The van der Waals surface area contributed by atoms with E-state index in [0.717, 1.165) is 0 Å². The Hall–Kier alpha value is -0.760. The second kappa shape index (κ2) is 4.19. The van der Waals surface area contributed by atoms with Gasteiger partial charge >= 0.3 is 0 Å². The summed E-state index contributed by atoms with van der Waals surface area (Å²) in [6.45, 7) is 4.15. The molecule has 0 atom stereocenters. The van der Waals surface area contributed by atoms with Gasteiger partial charge in [-0.15, -0.1) is 12.4 Å². The fraction of sp³-hybridized carbons (Fsp3) is 0.375. The van der Waals surface area contributed by atoms with Gasteiger partial charge in [-0.2, -0.15) is 5.10 Å². The van der Waals surface area contributed by atoms with Crippen LogP contribution in [0.2, 0.25) is 0 Å². The molecule has 0 unspecified atom stereocenters. The fourth-order valence-electron chi connectivity index (χ4n) is 0.848. The van der Waals surface area contributed by atoms with Gasteiger partial charge in [0, 0.05) is 18.8 Å². The largest absolute Gasteiger partial charge is 0.275 e. The number of hydrogen-bond donors (Lipinski definition) is 0. The average molecular weight is 173 g/mol. The molecule has 0 aliphatic carbocycles. The predicted octanol–water partition coefficient (Wildman–Crippen LogP) is 2.27. The van der Waals surface area contributed by atoms with Crippen LogP contribution in [-0.4, -0.2) is 9.78 Å². The Kier molecular flexibility index (Phi) is 3.90. The average Bonchev–Trinajstić information content (AvgIpc) is 2.13. The highest BCUT2D eigenvalue weighted by Crippen LogP contribution is 2.02. The summed E-state index contributed by atoms with van der Waals surface area (Å²) in [6, 6.07) is 0. The Labute approximate surface area is 73.3 Å². The van der Waals surface area contributed by atoms with Crippen molar-refractivity contribution in [3.8, 4) is 0 Å². The summed E-state index contributed by atoms with van der Waals surface area (Å²) in [5.74, 6) is 0. The Morgan fingerprint density at radius 3 is 2.55 bits per heavy atom. The second-order valence-electron chi connectivity index (χ2n) is 2.67. The quantitative estimate of drug-likeness (QED) is 0.636. The lowest BCUT2D eigenvalue weighted by Crippen LogP contribution is -1.83. The van der Waals surface area contributed by atoms with E-state index < -0.39 is 0 Å². The van der Waals surface area contributed by atoms with E-state index in [2.05, 4.69) is 25.0 Å². The molecule has 11 heavy (non-hydrogen) atoms. The van der Waals surface area contributed by atoms with E-state index in [1.165, 1.54) is 11.1 Å². The van der Waals surface area contributed by atoms with Crippen molar-refractivity contribution < 1.29 is 0 Å². The summed E-state index contributed by atoms with van der Waals surface area (Å²) in [5.41, 5.74) is 2.47. The van der Waals surface area contributed by atoms with Crippen LogP contribution in [0.25, 0.3) is 6.08 Å². The van der Waals surface area contributed by atoms with Crippen LogP contribution in [0.1, 0.15) is 19.4 Å². The van der Waals surface area contributed by atoms with Crippen LogP contribution in [-0.2, 0) is 7.05 Å². The zero-order valence-electron chi connectivity index (χ0n) is 7.03. The third-order valence-electron chi connectivity index (χ3n) is 1.18. The molecule has 0 bridgehead atoms. The van der Waals surface area contributed by atoms with Gasteiger partial charge in [0.15, 0.2) is 0 Å². The maximum Gasteiger partial charge on any atom is 0.0562 e. The standard InChI is InChI=1S/C8H12N2.ClH/c1-7(2)4-8-5-9-10(3)6-8;/h4-6H,1-3H3;1H. The molecule has 0 saturated carbocycles. The van der Waals surface area contributed by atoms with Crippen LogP contribution in [0.15, 0.2) is 18.0 Å². The van der Waals surface area contributed by atoms with Gasteiger partial charge in [-0.25, -0.2) is 0 Å². The molecule has 1 heterocycles. The first-order valence-electron chi connectivity index (χ1n) is 3.32. The van der Waals surface area contributed by atoms with Gasteiger partial charge in [0.05, 0.1) is 6.20 Å². The molecule has 3 heteroatoms. The van der Waals surface area contributed by atoms with Crippen molar-refractivity contribution in [3.63, 3.8) is 0 Å². The fourth-order valence-corrected chi connectivity index (χ4v) is 0.848. The first kappa shape index (κ1) is 10.2. The lowest BCUT2D eigenvalue weighted by molar-refractivity contribution is 0.767. The molecule has 1 rings (SSSR count). The maximum absolute atomic E-state index is 4.04. The number of rotatable bonds is 1. The minimum absolute atomic E-state index is 0. The minimum atomic E-state index is 0. The highest BCUT2D eigenvalue weighted by atomic mass is 35.5. The van der Waals surface area contributed by atoms with Crippen LogP contribution in [0.3, 0.4) is 0 Å². The third-order valence-corrected chi connectivity index (χ3v) is 1.18. The number of aromatic nitrogens is 2. The van der Waals surface area contributed by atoms with E-state index in [9.17, 15) is 0 Å². The Bertz CT molecular complexity index is 246. The molecule has 0 radical (unpaired) electrons. The molecule has 1 aromatic rings. The van der Waals surface area contributed by atoms with Crippen molar-refractivity contribution in [1.82, 2.24) is 9.78 Å². The lowest BCUT2D eigenvalue weighted by Gasteiger charge is -1.85. The lowest BCUT2D eigenvalue weighted by atomic mass is 10.2. The molecule has 0 aliphatic rings. The number of allylic oxidation sites excluding steroid dienone is 1. The van der Waals surface area contributed by atoms with Crippen LogP contribution in [0.5, 0.6) is 0 Å². The topological polar surface area (TPSA) is 17.8 Å². The van der Waals surface area contributed by atoms with Crippen molar-refractivity contribution in [2.75, 3.05) is 0 Å². The van der Waals surface area contributed by atoms with Crippen molar-refractivity contribution in [2.24, 2.45) is 7.05 Å². The number of hydrogen-bond acceptors (Lipinski definition) is 1. The molecule has 0 spiro atoms. The SMILES string of the molecule is CC(C)=Cc1cnn(C)c1.Cl. The molecular formula is C8H13ClN2. The number of aryl methyl sites for hydroxylation is 1. The summed E-state index contributed by atoms with van der Waals surface area (Å²) in [7, 11) is 1.92. The van der Waals surface area contributed by atoms with E-state index in [1.54, 1.807) is 4.68 Å². The molecule has 0 aromatic carbocycles. The molecule has 0 fully saturated rings. The molecule has 62 valence electrons. The highest BCUT2D eigenvalue weighted by molar-refractivity contribution is 5.85. The molecular weight excluding hydrogens is 160 g/mol. The van der Waals surface area contributed by atoms with Gasteiger partial charge in [0.1, 0.15) is 0 Å². The third kappa shape index (κ3) is 3.23. The minimum Gasteiger partial charge on any atom is -0.275 e. The maximum atomic E-state index is 4.04. The van der Waals surface area contributed by atoms with Crippen molar-refractivity contribution in [2.45, 2.75) is 13.8 Å². The van der Waals surface area contributed by atoms with E-state index in [-0.39, 0.29) is 12.4 Å². The van der Waals surface area contributed by atoms with Gasteiger partial charge < -0.3 is 0 Å². The van der Waals surface area contributed by atoms with Crippen molar-refractivity contribution >= 4 is 18.5 Å². The number of nitrogens with zero attached hydrogens (tertiary/aromatic N) is 2. The van der Waals surface area contributed by atoms with E-state index >= 15 is 0 Å². The molecule has 0 N–H and O–H groups in total. The second-order valence-corrected chi connectivity index (χ2v) is 2.67. The van der Waals surface area contributed by atoms with E-state index in [4.69, 9.17) is 0 Å². The van der Waals surface area contributed by atoms with Gasteiger partial charge in [0.25, 0.3) is 0 Å². The Morgan fingerprint density at radius 1 is 1.55 bits per heavy atom.